The lowest BCUT2D eigenvalue weighted by Crippen LogP contribution is -2.44. The number of fused-ring (bicyclic) bond motifs is 1. The molecular formula is C22H27N7O5S. The second-order valence-corrected chi connectivity index (χ2v) is 9.86. The molecule has 1 amide bonds. The number of aliphatic carboxylic acids is 1. The van der Waals surface area contributed by atoms with Crippen LogP contribution >= 0.6 is 0 Å². The molecule has 4 rings (SSSR count). The van der Waals surface area contributed by atoms with Crippen LogP contribution in [0.25, 0.3) is 5.57 Å². The molecule has 1 aromatic carbocycles. The molecule has 0 unspecified atom stereocenters. The number of rotatable bonds is 10. The van der Waals surface area contributed by atoms with Gasteiger partial charge in [0, 0.05) is 51.0 Å². The number of benzene rings is 1. The summed E-state index contributed by atoms with van der Waals surface area (Å²) < 4.78 is 27.7. The highest BCUT2D eigenvalue weighted by molar-refractivity contribution is 7.89. The Morgan fingerprint density at radius 2 is 2.00 bits per heavy atom. The fourth-order valence-electron chi connectivity index (χ4n) is 3.86. The maximum atomic E-state index is 12.7. The monoisotopic (exact) mass is 501 g/mol. The lowest BCUT2D eigenvalue weighted by atomic mass is 10.1. The van der Waals surface area contributed by atoms with E-state index in [1.807, 2.05) is 0 Å². The zero-order valence-electron chi connectivity index (χ0n) is 19.0. The third kappa shape index (κ3) is 5.93. The van der Waals surface area contributed by atoms with Crippen molar-refractivity contribution in [2.24, 2.45) is 0 Å². The number of piperazine rings is 1. The zero-order valence-corrected chi connectivity index (χ0v) is 19.8. The van der Waals surface area contributed by atoms with Crippen LogP contribution in [0, 0.1) is 0 Å². The van der Waals surface area contributed by atoms with Crippen LogP contribution in [-0.2, 0) is 19.6 Å². The molecule has 0 aliphatic carbocycles. The summed E-state index contributed by atoms with van der Waals surface area (Å²) in [5.74, 6) is -0.122. The summed E-state index contributed by atoms with van der Waals surface area (Å²) in [6.45, 7) is 3.27. The predicted molar refractivity (Wildman–Crippen MR) is 130 cm³/mol. The predicted octanol–water partition coefficient (Wildman–Crippen LogP) is 0.825. The summed E-state index contributed by atoms with van der Waals surface area (Å²) in [5, 5.41) is 17.7. The van der Waals surface area contributed by atoms with Crippen molar-refractivity contribution >= 4 is 44.8 Å². The van der Waals surface area contributed by atoms with E-state index >= 15 is 0 Å². The van der Waals surface area contributed by atoms with Gasteiger partial charge in [0.15, 0.2) is 0 Å². The Hall–Kier alpha value is -3.55. The van der Waals surface area contributed by atoms with E-state index in [0.29, 0.717) is 41.3 Å². The molecule has 35 heavy (non-hydrogen) atoms. The number of nitrogens with zero attached hydrogens (tertiary/aromatic N) is 3. The minimum Gasteiger partial charge on any atom is -0.481 e. The summed E-state index contributed by atoms with van der Waals surface area (Å²) in [5.41, 5.74) is 1.45. The van der Waals surface area contributed by atoms with Crippen molar-refractivity contribution in [2.45, 2.75) is 24.2 Å². The molecule has 0 radical (unpaired) electrons. The number of carboxylic acid groups (broad SMARTS) is 1. The molecule has 2 aliphatic heterocycles. The average molecular weight is 502 g/mol. The third-order valence-corrected chi connectivity index (χ3v) is 7.09. The van der Waals surface area contributed by atoms with Crippen LogP contribution in [0.3, 0.4) is 0 Å². The topological polar surface area (TPSA) is 166 Å². The molecule has 186 valence electrons. The first kappa shape index (κ1) is 24.6. The van der Waals surface area contributed by atoms with Crippen LogP contribution in [0.1, 0.15) is 24.8 Å². The van der Waals surface area contributed by atoms with Crippen molar-refractivity contribution in [1.82, 2.24) is 20.0 Å². The van der Waals surface area contributed by atoms with Gasteiger partial charge in [-0.2, -0.15) is 0 Å². The first-order valence-corrected chi connectivity index (χ1v) is 12.7. The molecule has 13 heteroatoms. The number of carboxylic acids is 1. The van der Waals surface area contributed by atoms with E-state index in [1.165, 1.54) is 24.7 Å². The largest absolute Gasteiger partial charge is 0.481 e. The number of hydrogen-bond acceptors (Lipinski definition) is 9. The fraction of sp³-hybridized carbons (Fsp3) is 0.364. The lowest BCUT2D eigenvalue weighted by molar-refractivity contribution is -0.137. The molecule has 12 nitrogen and oxygen atoms in total. The van der Waals surface area contributed by atoms with Crippen LogP contribution in [-0.4, -0.2) is 68.1 Å². The smallest absolute Gasteiger partial charge is 0.303 e. The molecule has 2 aromatic rings. The van der Waals surface area contributed by atoms with Gasteiger partial charge in [-0.05, 0) is 31.0 Å². The van der Waals surface area contributed by atoms with Gasteiger partial charge >= 0.3 is 5.97 Å². The van der Waals surface area contributed by atoms with Crippen LogP contribution in [0.5, 0.6) is 0 Å². The second-order valence-electron chi connectivity index (χ2n) is 8.09. The maximum absolute atomic E-state index is 12.7. The van der Waals surface area contributed by atoms with E-state index in [-0.39, 0.29) is 23.8 Å². The highest BCUT2D eigenvalue weighted by atomic mass is 32.2. The van der Waals surface area contributed by atoms with Crippen molar-refractivity contribution in [2.75, 3.05) is 48.3 Å². The summed E-state index contributed by atoms with van der Waals surface area (Å²) in [7, 11) is -3.77. The molecule has 0 spiro atoms. The van der Waals surface area contributed by atoms with Crippen molar-refractivity contribution in [3.05, 3.63) is 42.4 Å². The highest BCUT2D eigenvalue weighted by Crippen LogP contribution is 2.36. The van der Waals surface area contributed by atoms with Crippen LogP contribution in [0.2, 0.25) is 0 Å². The first-order chi connectivity index (χ1) is 16.8. The minimum absolute atomic E-state index is 0.00604. The van der Waals surface area contributed by atoms with E-state index in [1.54, 1.807) is 12.1 Å². The standard InChI is InChI=1S/C22H27N7O5S/c30-18(31)6-1-2-7-27-35(33,34)16-5-3-4-15(12-16)24-13-17-19-20(28-22(17)32)25-14-26-21(19)29-10-8-23-9-11-29/h3-5,12-14,23-24,27H,1-2,6-11H2,(H,30,31)(H,25,26,28,32)/b17-13-. The van der Waals surface area contributed by atoms with E-state index in [9.17, 15) is 18.0 Å². The van der Waals surface area contributed by atoms with Gasteiger partial charge in [0.25, 0.3) is 5.91 Å². The summed E-state index contributed by atoms with van der Waals surface area (Å²) in [6.07, 6.45) is 3.75. The van der Waals surface area contributed by atoms with Gasteiger partial charge in [0.2, 0.25) is 10.0 Å². The molecule has 1 saturated heterocycles. The first-order valence-electron chi connectivity index (χ1n) is 11.3. The van der Waals surface area contributed by atoms with Crippen LogP contribution < -0.4 is 25.6 Å². The van der Waals surface area contributed by atoms with Crippen molar-refractivity contribution < 1.29 is 23.1 Å². The van der Waals surface area contributed by atoms with Crippen molar-refractivity contribution in [1.29, 1.82) is 0 Å². The van der Waals surface area contributed by atoms with Crippen LogP contribution in [0.15, 0.2) is 41.7 Å². The van der Waals surface area contributed by atoms with Gasteiger partial charge in [-0.3, -0.25) is 9.59 Å². The number of carbonyl (C=O) groups is 2. The van der Waals surface area contributed by atoms with Crippen LogP contribution in [0.4, 0.5) is 17.3 Å². The van der Waals surface area contributed by atoms with E-state index in [4.69, 9.17) is 5.11 Å². The van der Waals surface area contributed by atoms with Gasteiger partial charge in [0.1, 0.15) is 18.0 Å². The molecular weight excluding hydrogens is 474 g/mol. The number of amides is 1. The Labute approximate surface area is 202 Å². The molecule has 0 saturated carbocycles. The number of carbonyl (C=O) groups excluding carboxylic acids is 1. The van der Waals surface area contributed by atoms with E-state index < -0.39 is 16.0 Å². The molecule has 1 aromatic heterocycles. The van der Waals surface area contributed by atoms with Gasteiger partial charge in [-0.15, -0.1) is 0 Å². The number of hydrogen-bond donors (Lipinski definition) is 5. The Morgan fingerprint density at radius 3 is 2.77 bits per heavy atom. The maximum Gasteiger partial charge on any atom is 0.303 e. The Kier molecular flexibility index (Phi) is 7.58. The minimum atomic E-state index is -3.77. The Bertz CT molecular complexity index is 1240. The SMILES string of the molecule is O=C(O)CCCCNS(=O)(=O)c1cccc(N/C=C2\C(=O)Nc3ncnc(N4CCNCC4)c32)c1. The van der Waals surface area contributed by atoms with Gasteiger partial charge < -0.3 is 26.0 Å². The van der Waals surface area contributed by atoms with Gasteiger partial charge in [-0.1, -0.05) is 6.07 Å². The molecule has 2 aliphatic rings. The average Bonchev–Trinajstić information content (AvgIpc) is 3.18. The molecule has 0 atom stereocenters. The number of anilines is 3. The summed E-state index contributed by atoms with van der Waals surface area (Å²) in [4.78, 5) is 34.0. The zero-order chi connectivity index (χ0) is 24.8. The molecule has 0 bridgehead atoms. The number of aromatic nitrogens is 2. The molecule has 3 heterocycles. The van der Waals surface area contributed by atoms with E-state index in [0.717, 1.165) is 26.2 Å². The molecule has 5 N–H and O–H groups in total. The van der Waals surface area contributed by atoms with Gasteiger partial charge in [-0.25, -0.2) is 23.1 Å². The molecule has 1 fully saturated rings. The lowest BCUT2D eigenvalue weighted by Gasteiger charge is -2.29. The highest BCUT2D eigenvalue weighted by Gasteiger charge is 2.31. The Balaban J connectivity index is 1.49. The number of sulfonamides is 1. The summed E-state index contributed by atoms with van der Waals surface area (Å²) >= 11 is 0. The quantitative estimate of drug-likeness (QED) is 0.232. The van der Waals surface area contributed by atoms with Gasteiger partial charge in [0.05, 0.1) is 16.0 Å². The Morgan fingerprint density at radius 1 is 1.20 bits per heavy atom. The second kappa shape index (κ2) is 10.8. The number of nitrogens with one attached hydrogen (secondary N) is 4. The van der Waals surface area contributed by atoms with Crippen molar-refractivity contribution in [3.8, 4) is 0 Å². The van der Waals surface area contributed by atoms with Crippen molar-refractivity contribution in [3.63, 3.8) is 0 Å². The normalized spacial score (nSPS) is 16.7. The number of unbranched alkanes of at least 4 members (excludes halogenated alkanes) is 1. The summed E-state index contributed by atoms with van der Waals surface area (Å²) in [6, 6.07) is 6.21. The third-order valence-electron chi connectivity index (χ3n) is 5.63. The fourth-order valence-corrected chi connectivity index (χ4v) is 4.98. The van der Waals surface area contributed by atoms with E-state index in [2.05, 4.69) is 35.5 Å².